The van der Waals surface area contributed by atoms with Gasteiger partial charge in [-0.25, -0.2) is 0 Å². The lowest BCUT2D eigenvalue weighted by molar-refractivity contribution is 0.597. The fraction of sp³-hybridized carbons (Fsp3) is 0.294. The van der Waals surface area contributed by atoms with Crippen LogP contribution in [0.3, 0.4) is 0 Å². The topological polar surface area (TPSA) is 26.0 Å². The molecule has 0 heterocycles. The Morgan fingerprint density at radius 2 is 1.61 bits per heavy atom. The fourth-order valence-corrected chi connectivity index (χ4v) is 2.44. The van der Waals surface area contributed by atoms with Crippen molar-refractivity contribution >= 4 is 0 Å². The van der Waals surface area contributed by atoms with Crippen LogP contribution in [0.2, 0.25) is 0 Å². The van der Waals surface area contributed by atoms with Gasteiger partial charge in [-0.15, -0.1) is 0 Å². The predicted molar refractivity (Wildman–Crippen MR) is 77.7 cm³/mol. The zero-order valence-corrected chi connectivity index (χ0v) is 11.6. The van der Waals surface area contributed by atoms with Gasteiger partial charge in [0.25, 0.3) is 0 Å². The first kappa shape index (κ1) is 12.8. The Morgan fingerprint density at radius 1 is 0.944 bits per heavy atom. The van der Waals surface area contributed by atoms with Crippen molar-refractivity contribution in [3.8, 4) is 0 Å². The minimum absolute atomic E-state index is 0.442. The average Bonchev–Trinajstić information content (AvgIpc) is 2.32. The highest BCUT2D eigenvalue weighted by molar-refractivity contribution is 5.44. The van der Waals surface area contributed by atoms with Gasteiger partial charge in [0.05, 0.1) is 5.54 Å². The van der Waals surface area contributed by atoms with Crippen LogP contribution in [0.4, 0.5) is 0 Å². The molecule has 94 valence electrons. The van der Waals surface area contributed by atoms with E-state index >= 15 is 0 Å². The summed E-state index contributed by atoms with van der Waals surface area (Å²) in [5, 5.41) is 0. The molecule has 1 nitrogen and oxygen atoms in total. The number of hydrogen-bond acceptors (Lipinski definition) is 1. The van der Waals surface area contributed by atoms with Gasteiger partial charge in [0, 0.05) is 0 Å². The Morgan fingerprint density at radius 3 is 2.28 bits per heavy atom. The molecule has 1 unspecified atom stereocenters. The molecule has 2 aromatic carbocycles. The van der Waals surface area contributed by atoms with Gasteiger partial charge in [0.1, 0.15) is 0 Å². The molecule has 0 aliphatic rings. The Balaban J connectivity index is 2.57. The van der Waals surface area contributed by atoms with Crippen LogP contribution in [0.1, 0.15) is 34.7 Å². The zero-order valence-electron chi connectivity index (χ0n) is 11.6. The van der Waals surface area contributed by atoms with Gasteiger partial charge in [-0.05, 0) is 49.9 Å². The largest absolute Gasteiger partial charge is 0.318 e. The predicted octanol–water partition coefficient (Wildman–Crippen LogP) is 3.83. The first-order valence-corrected chi connectivity index (χ1v) is 6.35. The van der Waals surface area contributed by atoms with Gasteiger partial charge in [-0.3, -0.25) is 0 Å². The summed E-state index contributed by atoms with van der Waals surface area (Å²) in [5.74, 6) is 0. The number of benzene rings is 2. The zero-order chi connectivity index (χ0) is 13.3. The Kier molecular flexibility index (Phi) is 3.27. The molecule has 0 bridgehead atoms. The van der Waals surface area contributed by atoms with Crippen molar-refractivity contribution in [2.45, 2.75) is 33.2 Å². The third kappa shape index (κ3) is 2.19. The lowest BCUT2D eigenvalue weighted by Gasteiger charge is -2.28. The summed E-state index contributed by atoms with van der Waals surface area (Å²) in [6.07, 6.45) is 0. The highest BCUT2D eigenvalue weighted by Crippen LogP contribution is 2.30. The standard InChI is InChI=1S/C17H21N/c1-12-7-5-9-15(11-12)17(4,18)16-10-6-8-13(2)14(16)3/h5-11H,18H2,1-4H3. The van der Waals surface area contributed by atoms with Crippen LogP contribution in [0.15, 0.2) is 42.5 Å². The van der Waals surface area contributed by atoms with Gasteiger partial charge in [-0.2, -0.15) is 0 Å². The Labute approximate surface area is 110 Å². The number of aryl methyl sites for hydroxylation is 2. The van der Waals surface area contributed by atoms with E-state index in [9.17, 15) is 0 Å². The van der Waals surface area contributed by atoms with E-state index in [0.29, 0.717) is 0 Å². The molecule has 0 aliphatic carbocycles. The van der Waals surface area contributed by atoms with E-state index < -0.39 is 5.54 Å². The molecule has 1 heteroatoms. The van der Waals surface area contributed by atoms with Crippen LogP contribution in [-0.4, -0.2) is 0 Å². The fourth-order valence-electron chi connectivity index (χ4n) is 2.44. The SMILES string of the molecule is Cc1cccc(C(C)(N)c2cccc(C)c2C)c1. The monoisotopic (exact) mass is 239 g/mol. The van der Waals surface area contributed by atoms with Crippen LogP contribution < -0.4 is 5.73 Å². The molecule has 0 fully saturated rings. The van der Waals surface area contributed by atoms with Gasteiger partial charge < -0.3 is 5.73 Å². The molecule has 18 heavy (non-hydrogen) atoms. The van der Waals surface area contributed by atoms with Crippen LogP contribution in [0.5, 0.6) is 0 Å². The summed E-state index contributed by atoms with van der Waals surface area (Å²) in [5.41, 5.74) is 12.3. The van der Waals surface area contributed by atoms with E-state index in [1.54, 1.807) is 0 Å². The highest BCUT2D eigenvalue weighted by Gasteiger charge is 2.25. The van der Waals surface area contributed by atoms with E-state index in [1.807, 2.05) is 0 Å². The van der Waals surface area contributed by atoms with E-state index in [2.05, 4.69) is 70.2 Å². The average molecular weight is 239 g/mol. The van der Waals surface area contributed by atoms with Crippen molar-refractivity contribution in [1.29, 1.82) is 0 Å². The molecule has 0 amide bonds. The maximum Gasteiger partial charge on any atom is 0.0639 e. The van der Waals surface area contributed by atoms with E-state index in [1.165, 1.54) is 22.3 Å². The first-order chi connectivity index (χ1) is 8.43. The molecule has 0 aliphatic heterocycles. The van der Waals surface area contributed by atoms with Crippen LogP contribution in [-0.2, 0) is 5.54 Å². The third-order valence-corrected chi connectivity index (χ3v) is 3.78. The molecule has 2 N–H and O–H groups in total. The number of nitrogens with two attached hydrogens (primary N) is 1. The smallest absolute Gasteiger partial charge is 0.0639 e. The van der Waals surface area contributed by atoms with Gasteiger partial charge in [0.15, 0.2) is 0 Å². The summed E-state index contributed by atoms with van der Waals surface area (Å²) < 4.78 is 0. The summed E-state index contributed by atoms with van der Waals surface area (Å²) in [6, 6.07) is 14.8. The summed E-state index contributed by atoms with van der Waals surface area (Å²) >= 11 is 0. The molecule has 2 aromatic rings. The van der Waals surface area contributed by atoms with Crippen molar-refractivity contribution in [3.05, 3.63) is 70.3 Å². The van der Waals surface area contributed by atoms with Crippen molar-refractivity contribution in [3.63, 3.8) is 0 Å². The summed E-state index contributed by atoms with van der Waals surface area (Å²) in [6.45, 7) is 8.46. The van der Waals surface area contributed by atoms with Gasteiger partial charge >= 0.3 is 0 Å². The quantitative estimate of drug-likeness (QED) is 0.846. The second kappa shape index (κ2) is 4.58. The molecule has 0 saturated carbocycles. The minimum atomic E-state index is -0.442. The molecule has 2 rings (SSSR count). The molecule has 1 atom stereocenters. The van der Waals surface area contributed by atoms with Gasteiger partial charge in [-0.1, -0.05) is 48.0 Å². The lowest BCUT2D eigenvalue weighted by Crippen LogP contribution is -2.35. The minimum Gasteiger partial charge on any atom is -0.318 e. The highest BCUT2D eigenvalue weighted by atomic mass is 14.7. The van der Waals surface area contributed by atoms with Crippen molar-refractivity contribution in [2.24, 2.45) is 5.73 Å². The lowest BCUT2D eigenvalue weighted by atomic mass is 9.82. The Hall–Kier alpha value is -1.60. The van der Waals surface area contributed by atoms with E-state index in [0.717, 1.165) is 5.56 Å². The maximum atomic E-state index is 6.60. The van der Waals surface area contributed by atoms with Crippen molar-refractivity contribution in [2.75, 3.05) is 0 Å². The van der Waals surface area contributed by atoms with Crippen molar-refractivity contribution < 1.29 is 0 Å². The Bertz CT molecular complexity index is 568. The van der Waals surface area contributed by atoms with Gasteiger partial charge in [0.2, 0.25) is 0 Å². The van der Waals surface area contributed by atoms with E-state index in [-0.39, 0.29) is 0 Å². The molecule has 0 aromatic heterocycles. The normalized spacial score (nSPS) is 14.3. The second-order valence-electron chi connectivity index (χ2n) is 5.32. The summed E-state index contributed by atoms with van der Waals surface area (Å²) in [7, 11) is 0. The van der Waals surface area contributed by atoms with Crippen LogP contribution in [0, 0.1) is 20.8 Å². The molecular formula is C17H21N. The maximum absolute atomic E-state index is 6.60. The number of hydrogen-bond donors (Lipinski definition) is 1. The molecule has 0 spiro atoms. The summed E-state index contributed by atoms with van der Waals surface area (Å²) in [4.78, 5) is 0. The molecule has 0 saturated heterocycles. The molecular weight excluding hydrogens is 218 g/mol. The second-order valence-corrected chi connectivity index (χ2v) is 5.32. The van der Waals surface area contributed by atoms with Crippen LogP contribution in [0.25, 0.3) is 0 Å². The third-order valence-electron chi connectivity index (χ3n) is 3.78. The number of rotatable bonds is 2. The van der Waals surface area contributed by atoms with Crippen LogP contribution >= 0.6 is 0 Å². The van der Waals surface area contributed by atoms with Crippen molar-refractivity contribution in [1.82, 2.24) is 0 Å². The van der Waals surface area contributed by atoms with E-state index in [4.69, 9.17) is 5.73 Å². The molecule has 0 radical (unpaired) electrons. The first-order valence-electron chi connectivity index (χ1n) is 6.35.